The highest BCUT2D eigenvalue weighted by molar-refractivity contribution is 7.90. The zero-order chi connectivity index (χ0) is 21.5. The van der Waals surface area contributed by atoms with Crippen molar-refractivity contribution >= 4 is 21.4 Å². The first kappa shape index (κ1) is 20.6. The third-order valence-corrected chi connectivity index (χ3v) is 7.84. The number of aromatic nitrogens is 5. The molecule has 1 fully saturated rings. The maximum atomic E-state index is 12.8. The Bertz CT molecular complexity index is 1260. The molecule has 3 heterocycles. The van der Waals surface area contributed by atoms with Gasteiger partial charge in [0.25, 0.3) is 16.1 Å². The predicted octanol–water partition coefficient (Wildman–Crippen LogP) is 1.47. The highest BCUT2D eigenvalue weighted by atomic mass is 32.2. The van der Waals surface area contributed by atoms with Crippen molar-refractivity contribution in [2.24, 2.45) is 5.73 Å². The summed E-state index contributed by atoms with van der Waals surface area (Å²) in [6.07, 6.45) is 3.66. The smallest absolute Gasteiger partial charge is 0.327 e. The van der Waals surface area contributed by atoms with Gasteiger partial charge in [-0.15, -0.1) is 11.3 Å². The van der Waals surface area contributed by atoms with Gasteiger partial charge in [-0.05, 0) is 25.0 Å². The minimum atomic E-state index is -3.43. The molecule has 1 aliphatic carbocycles. The Labute approximate surface area is 174 Å². The molecule has 0 amide bonds. The fourth-order valence-corrected chi connectivity index (χ4v) is 5.30. The van der Waals surface area contributed by atoms with Gasteiger partial charge in [0.1, 0.15) is 6.33 Å². The van der Waals surface area contributed by atoms with E-state index in [0.717, 1.165) is 18.5 Å². The minimum Gasteiger partial charge on any atom is -0.327 e. The molecule has 0 radical (unpaired) electrons. The second-order valence-electron chi connectivity index (χ2n) is 6.88. The second-order valence-corrected chi connectivity index (χ2v) is 10.1. The lowest BCUT2D eigenvalue weighted by atomic mass is 10.3. The van der Waals surface area contributed by atoms with Gasteiger partial charge in [-0.25, -0.2) is 17.9 Å². The van der Waals surface area contributed by atoms with Crippen molar-refractivity contribution in [1.82, 2.24) is 23.5 Å². The highest BCUT2D eigenvalue weighted by Gasteiger charge is 2.37. The number of rotatable bonds is 8. The Hall–Kier alpha value is -2.64. The second kappa shape index (κ2) is 7.89. The summed E-state index contributed by atoms with van der Waals surface area (Å²) in [5.41, 5.74) is 5.06. The largest absolute Gasteiger partial charge is 0.346 e. The zero-order valence-corrected chi connectivity index (χ0v) is 17.2. The molecule has 0 unspecified atom stereocenters. The van der Waals surface area contributed by atoms with Gasteiger partial charge in [0.05, 0.1) is 30.7 Å². The molecule has 0 bridgehead atoms. The molecular weight excluding hydrogens is 438 g/mol. The van der Waals surface area contributed by atoms with Crippen molar-refractivity contribution in [3.8, 4) is 10.4 Å². The molecule has 2 N–H and O–H groups in total. The molecule has 4 rings (SSSR count). The van der Waals surface area contributed by atoms with E-state index in [0.29, 0.717) is 18.4 Å². The summed E-state index contributed by atoms with van der Waals surface area (Å²) in [5, 5.41) is 7.49. The third kappa shape index (κ3) is 4.00. The van der Waals surface area contributed by atoms with E-state index in [-0.39, 0.29) is 30.5 Å². The van der Waals surface area contributed by atoms with Gasteiger partial charge in [0.2, 0.25) is 0 Å². The Morgan fingerprint density at radius 3 is 2.70 bits per heavy atom. The Balaban J connectivity index is 1.50. The van der Waals surface area contributed by atoms with Crippen LogP contribution in [0, 0.1) is 0 Å². The molecule has 9 nitrogen and oxygen atoms in total. The molecule has 3 aromatic rings. The summed E-state index contributed by atoms with van der Waals surface area (Å²) in [6.45, 7) is -0.521. The van der Waals surface area contributed by atoms with Crippen LogP contribution in [0.1, 0.15) is 17.7 Å². The van der Waals surface area contributed by atoms with E-state index in [1.807, 2.05) is 12.1 Å². The Kier molecular flexibility index (Phi) is 5.42. The molecule has 1 aliphatic rings. The van der Waals surface area contributed by atoms with Crippen LogP contribution >= 0.6 is 11.3 Å². The van der Waals surface area contributed by atoms with Gasteiger partial charge in [0.15, 0.2) is 0 Å². The minimum absolute atomic E-state index is 0.206. The van der Waals surface area contributed by atoms with E-state index >= 15 is 0 Å². The average molecular weight is 457 g/mol. The summed E-state index contributed by atoms with van der Waals surface area (Å²) in [6, 6.07) is 3.62. The van der Waals surface area contributed by atoms with E-state index in [1.165, 1.54) is 34.6 Å². The van der Waals surface area contributed by atoms with Crippen LogP contribution in [-0.4, -0.2) is 43.7 Å². The zero-order valence-electron chi connectivity index (χ0n) is 15.6. The SMILES string of the molecule is NCC(Cn1ncn(Cc2ccc(-c3cnn(S(=O)(=O)C4CC4)c3)s2)c1=O)=C(F)F. The van der Waals surface area contributed by atoms with E-state index in [4.69, 9.17) is 5.73 Å². The maximum Gasteiger partial charge on any atom is 0.346 e. The number of halogens is 2. The maximum absolute atomic E-state index is 12.8. The molecule has 1 saturated carbocycles. The summed E-state index contributed by atoms with van der Waals surface area (Å²) in [4.78, 5) is 14.0. The van der Waals surface area contributed by atoms with Gasteiger partial charge in [-0.2, -0.15) is 23.1 Å². The molecule has 0 saturated heterocycles. The lowest BCUT2D eigenvalue weighted by Crippen LogP contribution is -2.27. The fraction of sp³-hybridized carbons (Fsp3) is 0.353. The summed E-state index contributed by atoms with van der Waals surface area (Å²) in [7, 11) is -3.43. The number of nitrogens with zero attached hydrogens (tertiary/aromatic N) is 5. The molecule has 13 heteroatoms. The van der Waals surface area contributed by atoms with Crippen molar-refractivity contribution in [3.05, 3.63) is 57.9 Å². The van der Waals surface area contributed by atoms with Gasteiger partial charge in [-0.1, -0.05) is 0 Å². The molecule has 0 atom stereocenters. The standard InChI is InChI=1S/C17H18F2N6O3S2/c18-16(19)11(5-20)7-24-17(26)23(10-22-24)9-13-1-4-15(29-13)12-6-21-25(8-12)30(27,28)14-2-3-14/h1,4,6,8,10,14H,2-3,5,7,9,20H2. The van der Waals surface area contributed by atoms with E-state index in [9.17, 15) is 22.0 Å². The molecule has 160 valence electrons. The average Bonchev–Trinajstić information content (AvgIpc) is 3.13. The number of nitrogens with two attached hydrogens (primary N) is 1. The lowest BCUT2D eigenvalue weighted by molar-refractivity contribution is 0.400. The topological polar surface area (TPSA) is 118 Å². The van der Waals surface area contributed by atoms with E-state index < -0.39 is 21.8 Å². The summed E-state index contributed by atoms with van der Waals surface area (Å²) >= 11 is 1.38. The third-order valence-electron chi connectivity index (χ3n) is 4.69. The summed E-state index contributed by atoms with van der Waals surface area (Å²) < 4.78 is 53.3. The van der Waals surface area contributed by atoms with E-state index in [2.05, 4.69) is 10.2 Å². The number of hydrogen-bond acceptors (Lipinski definition) is 7. The van der Waals surface area contributed by atoms with E-state index in [1.54, 1.807) is 0 Å². The molecule has 0 spiro atoms. The van der Waals surface area contributed by atoms with Crippen LogP contribution in [0.5, 0.6) is 0 Å². The van der Waals surface area contributed by atoms with Crippen molar-refractivity contribution in [3.63, 3.8) is 0 Å². The number of thiophene rings is 1. The Morgan fingerprint density at radius 1 is 1.27 bits per heavy atom. The quantitative estimate of drug-likeness (QED) is 0.548. The molecule has 3 aromatic heterocycles. The van der Waals surface area contributed by atoms with Crippen molar-refractivity contribution in [2.75, 3.05) is 6.54 Å². The van der Waals surface area contributed by atoms with Crippen LogP contribution in [0.25, 0.3) is 10.4 Å². The first-order valence-corrected chi connectivity index (χ1v) is 11.3. The molecular formula is C17H18F2N6O3S2. The van der Waals surface area contributed by atoms with Crippen molar-refractivity contribution in [2.45, 2.75) is 31.2 Å². The first-order chi connectivity index (χ1) is 14.3. The first-order valence-electron chi connectivity index (χ1n) is 9.03. The van der Waals surface area contributed by atoms with Gasteiger partial charge >= 0.3 is 5.69 Å². The van der Waals surface area contributed by atoms with Crippen LogP contribution in [-0.2, 0) is 23.1 Å². The Morgan fingerprint density at radius 2 is 2.03 bits per heavy atom. The lowest BCUT2D eigenvalue weighted by Gasteiger charge is -2.02. The normalized spacial score (nSPS) is 14.2. The molecule has 30 heavy (non-hydrogen) atoms. The van der Waals surface area contributed by atoms with Gasteiger partial charge in [-0.3, -0.25) is 4.57 Å². The van der Waals surface area contributed by atoms with Crippen molar-refractivity contribution in [1.29, 1.82) is 0 Å². The highest BCUT2D eigenvalue weighted by Crippen LogP contribution is 2.32. The van der Waals surface area contributed by atoms with Crippen LogP contribution in [0.4, 0.5) is 8.78 Å². The van der Waals surface area contributed by atoms with Gasteiger partial charge in [0, 0.05) is 27.4 Å². The van der Waals surface area contributed by atoms with Gasteiger partial charge < -0.3 is 5.73 Å². The van der Waals surface area contributed by atoms with Crippen LogP contribution in [0.3, 0.4) is 0 Å². The van der Waals surface area contributed by atoms with Crippen LogP contribution in [0.15, 0.2) is 47.3 Å². The predicted molar refractivity (Wildman–Crippen MR) is 107 cm³/mol. The van der Waals surface area contributed by atoms with Crippen LogP contribution < -0.4 is 11.4 Å². The summed E-state index contributed by atoms with van der Waals surface area (Å²) in [5.74, 6) is 0. The van der Waals surface area contributed by atoms with Crippen molar-refractivity contribution < 1.29 is 17.2 Å². The molecule has 0 aliphatic heterocycles. The molecule has 0 aromatic carbocycles. The monoisotopic (exact) mass is 456 g/mol. The fourth-order valence-electron chi connectivity index (χ4n) is 2.85. The van der Waals surface area contributed by atoms with Crippen LogP contribution in [0.2, 0.25) is 0 Å². The number of hydrogen-bond donors (Lipinski definition) is 1.